The van der Waals surface area contributed by atoms with Crippen LogP contribution in [-0.2, 0) is 4.79 Å². The topological polar surface area (TPSA) is 49.8 Å². The summed E-state index contributed by atoms with van der Waals surface area (Å²) in [6.07, 6.45) is 0. The van der Waals surface area contributed by atoms with Crippen LogP contribution >= 0.6 is 23.8 Å². The van der Waals surface area contributed by atoms with E-state index in [4.69, 9.17) is 23.8 Å². The van der Waals surface area contributed by atoms with Gasteiger partial charge in [0.15, 0.2) is 4.77 Å². The van der Waals surface area contributed by atoms with E-state index < -0.39 is 6.04 Å². The molecule has 1 aromatic carbocycles. The Balaban J connectivity index is 2.47. The molecule has 0 saturated heterocycles. The molecule has 108 valence electrons. The number of nitrogens with zero attached hydrogens (tertiary/aromatic N) is 1. The van der Waals surface area contributed by atoms with Gasteiger partial charge in [0.2, 0.25) is 5.91 Å². The molecule has 20 heavy (non-hydrogen) atoms. The van der Waals surface area contributed by atoms with E-state index in [0.29, 0.717) is 9.79 Å². The van der Waals surface area contributed by atoms with E-state index in [1.165, 1.54) is 0 Å². The molecular formula is C14H18ClN3OS. The minimum atomic E-state index is -0.408. The van der Waals surface area contributed by atoms with Crippen molar-refractivity contribution in [1.82, 2.24) is 14.9 Å². The summed E-state index contributed by atoms with van der Waals surface area (Å²) < 4.78 is 2.30. The number of imidazole rings is 1. The molecule has 4 nitrogen and oxygen atoms in total. The molecule has 1 atom stereocenters. The van der Waals surface area contributed by atoms with Gasteiger partial charge in [-0.1, -0.05) is 11.6 Å². The Morgan fingerprint density at radius 2 is 2.10 bits per heavy atom. The second kappa shape index (κ2) is 5.22. The van der Waals surface area contributed by atoms with Crippen LogP contribution in [0.2, 0.25) is 5.02 Å². The number of hydrogen-bond acceptors (Lipinski definition) is 2. The number of nitrogens with one attached hydrogen (secondary N) is 2. The zero-order valence-corrected chi connectivity index (χ0v) is 13.5. The zero-order valence-electron chi connectivity index (χ0n) is 12.0. The average molecular weight is 312 g/mol. The molecule has 6 heteroatoms. The molecule has 2 aromatic rings. The second-order valence-electron chi connectivity index (χ2n) is 5.88. The number of H-pyrrole nitrogens is 1. The minimum absolute atomic E-state index is 0.0746. The molecule has 1 heterocycles. The summed E-state index contributed by atoms with van der Waals surface area (Å²) in [5.74, 6) is -0.0746. The van der Waals surface area contributed by atoms with E-state index >= 15 is 0 Å². The van der Waals surface area contributed by atoms with Crippen molar-refractivity contribution in [1.29, 1.82) is 0 Å². The number of amides is 1. The van der Waals surface area contributed by atoms with Crippen LogP contribution in [-0.4, -0.2) is 21.0 Å². The lowest BCUT2D eigenvalue weighted by molar-refractivity contribution is -0.125. The van der Waals surface area contributed by atoms with Gasteiger partial charge in [0.05, 0.1) is 11.0 Å². The van der Waals surface area contributed by atoms with Gasteiger partial charge < -0.3 is 14.9 Å². The molecular weight excluding hydrogens is 294 g/mol. The number of aromatic amines is 1. The van der Waals surface area contributed by atoms with Gasteiger partial charge in [-0.05, 0) is 58.1 Å². The van der Waals surface area contributed by atoms with E-state index in [1.807, 2.05) is 39.8 Å². The molecule has 0 aliphatic carbocycles. The predicted octanol–water partition coefficient (Wildman–Crippen LogP) is 3.83. The van der Waals surface area contributed by atoms with Gasteiger partial charge in [0.25, 0.3) is 0 Å². The summed E-state index contributed by atoms with van der Waals surface area (Å²) in [6, 6.07) is 5.05. The average Bonchev–Trinajstić information content (AvgIpc) is 2.61. The highest BCUT2D eigenvalue weighted by Gasteiger charge is 2.22. The fraction of sp³-hybridized carbons (Fsp3) is 0.429. The number of fused-ring (bicyclic) bond motifs is 1. The van der Waals surface area contributed by atoms with Crippen molar-refractivity contribution in [2.75, 3.05) is 0 Å². The van der Waals surface area contributed by atoms with Crippen molar-refractivity contribution >= 4 is 40.8 Å². The highest BCUT2D eigenvalue weighted by molar-refractivity contribution is 7.71. The smallest absolute Gasteiger partial charge is 0.243 e. The van der Waals surface area contributed by atoms with Crippen LogP contribution in [0.25, 0.3) is 11.0 Å². The maximum atomic E-state index is 12.3. The molecule has 0 radical (unpaired) electrons. The highest BCUT2D eigenvalue weighted by atomic mass is 35.5. The first-order valence-electron chi connectivity index (χ1n) is 6.41. The van der Waals surface area contributed by atoms with Crippen LogP contribution in [0.5, 0.6) is 0 Å². The molecule has 0 saturated carbocycles. The molecule has 1 amide bonds. The molecule has 0 bridgehead atoms. The number of hydrogen-bond donors (Lipinski definition) is 2. The van der Waals surface area contributed by atoms with E-state index in [-0.39, 0.29) is 11.4 Å². The largest absolute Gasteiger partial charge is 0.350 e. The van der Waals surface area contributed by atoms with Crippen LogP contribution in [0.3, 0.4) is 0 Å². The normalized spacial score (nSPS) is 13.4. The van der Waals surface area contributed by atoms with Crippen LogP contribution in [0, 0.1) is 4.77 Å². The zero-order chi connectivity index (χ0) is 15.1. The number of halogens is 1. The second-order valence-corrected chi connectivity index (χ2v) is 6.70. The summed E-state index contributed by atoms with van der Waals surface area (Å²) in [4.78, 5) is 15.4. The number of rotatable bonds is 2. The molecule has 0 fully saturated rings. The SMILES string of the molecule is CC(C(=O)NC(C)(C)C)n1c(=S)[nH]c2ccc(Cl)cc21. The van der Waals surface area contributed by atoms with Crippen LogP contribution in [0.15, 0.2) is 18.2 Å². The molecule has 0 aliphatic heterocycles. The van der Waals surface area contributed by atoms with Crippen molar-refractivity contribution in [2.45, 2.75) is 39.3 Å². The van der Waals surface area contributed by atoms with Crippen molar-refractivity contribution in [3.8, 4) is 0 Å². The van der Waals surface area contributed by atoms with Crippen molar-refractivity contribution < 1.29 is 4.79 Å². The third-order valence-corrected chi connectivity index (χ3v) is 3.48. The maximum Gasteiger partial charge on any atom is 0.243 e. The molecule has 2 N–H and O–H groups in total. The maximum absolute atomic E-state index is 12.3. The quantitative estimate of drug-likeness (QED) is 0.828. The summed E-state index contributed by atoms with van der Waals surface area (Å²) in [6.45, 7) is 7.67. The van der Waals surface area contributed by atoms with Gasteiger partial charge in [-0.15, -0.1) is 0 Å². The Morgan fingerprint density at radius 1 is 1.45 bits per heavy atom. The monoisotopic (exact) mass is 311 g/mol. The number of benzene rings is 1. The Hall–Kier alpha value is -1.33. The summed E-state index contributed by atoms with van der Waals surface area (Å²) >= 11 is 11.3. The lowest BCUT2D eigenvalue weighted by Crippen LogP contribution is -2.43. The van der Waals surface area contributed by atoms with E-state index in [0.717, 1.165) is 11.0 Å². The molecule has 0 spiro atoms. The first-order valence-corrected chi connectivity index (χ1v) is 7.19. The molecule has 1 unspecified atom stereocenters. The highest BCUT2D eigenvalue weighted by Crippen LogP contribution is 2.23. The Morgan fingerprint density at radius 3 is 2.70 bits per heavy atom. The lowest BCUT2D eigenvalue weighted by Gasteiger charge is -2.24. The van der Waals surface area contributed by atoms with E-state index in [2.05, 4.69) is 10.3 Å². The number of aromatic nitrogens is 2. The fourth-order valence-corrected chi connectivity index (χ4v) is 2.60. The lowest BCUT2D eigenvalue weighted by atomic mass is 10.1. The predicted molar refractivity (Wildman–Crippen MR) is 84.7 cm³/mol. The summed E-state index contributed by atoms with van der Waals surface area (Å²) in [5.41, 5.74) is 1.42. The van der Waals surface area contributed by atoms with Crippen molar-refractivity contribution in [3.63, 3.8) is 0 Å². The first-order chi connectivity index (χ1) is 9.19. The molecule has 0 aliphatic rings. The van der Waals surface area contributed by atoms with Crippen LogP contribution in [0.1, 0.15) is 33.7 Å². The Bertz CT molecular complexity index is 711. The Kier molecular flexibility index (Phi) is 3.93. The molecule has 1 aromatic heterocycles. The minimum Gasteiger partial charge on any atom is -0.350 e. The third-order valence-electron chi connectivity index (χ3n) is 2.94. The van der Waals surface area contributed by atoms with E-state index in [9.17, 15) is 4.79 Å². The summed E-state index contributed by atoms with van der Waals surface area (Å²) in [5, 5.41) is 3.58. The van der Waals surface area contributed by atoms with Gasteiger partial charge in [-0.2, -0.15) is 0 Å². The van der Waals surface area contributed by atoms with Crippen LogP contribution in [0.4, 0.5) is 0 Å². The summed E-state index contributed by atoms with van der Waals surface area (Å²) in [7, 11) is 0. The van der Waals surface area contributed by atoms with Gasteiger partial charge in [-0.3, -0.25) is 4.79 Å². The van der Waals surface area contributed by atoms with Gasteiger partial charge in [-0.25, -0.2) is 0 Å². The first kappa shape index (κ1) is 15.1. The third kappa shape index (κ3) is 3.04. The molecule has 2 rings (SSSR count). The standard InChI is InChI=1S/C14H18ClN3OS/c1-8(12(19)17-14(2,3)4)18-11-7-9(15)5-6-10(11)16-13(18)20/h5-8H,1-4H3,(H,16,20)(H,17,19). The van der Waals surface area contributed by atoms with Crippen LogP contribution < -0.4 is 5.32 Å². The fourth-order valence-electron chi connectivity index (χ4n) is 2.07. The van der Waals surface area contributed by atoms with Gasteiger partial charge in [0.1, 0.15) is 6.04 Å². The van der Waals surface area contributed by atoms with Crippen molar-refractivity contribution in [3.05, 3.63) is 28.0 Å². The van der Waals surface area contributed by atoms with E-state index in [1.54, 1.807) is 10.6 Å². The number of carbonyl (C=O) groups is 1. The van der Waals surface area contributed by atoms with Gasteiger partial charge >= 0.3 is 0 Å². The van der Waals surface area contributed by atoms with Crippen molar-refractivity contribution in [2.24, 2.45) is 0 Å². The Labute approximate surface area is 128 Å². The number of carbonyl (C=O) groups excluding carboxylic acids is 1. The van der Waals surface area contributed by atoms with Gasteiger partial charge in [0, 0.05) is 10.6 Å².